The van der Waals surface area contributed by atoms with Crippen molar-refractivity contribution in [2.45, 2.75) is 38.5 Å². The van der Waals surface area contributed by atoms with Crippen molar-refractivity contribution in [3.8, 4) is 0 Å². The first-order chi connectivity index (χ1) is 11.7. The van der Waals surface area contributed by atoms with Gasteiger partial charge in [-0.2, -0.15) is 5.10 Å². The fourth-order valence-electron chi connectivity index (χ4n) is 3.68. The average Bonchev–Trinajstić information content (AvgIpc) is 3.33. The van der Waals surface area contributed by atoms with Crippen LogP contribution >= 0.6 is 0 Å². The highest BCUT2D eigenvalue weighted by molar-refractivity contribution is 5.75. The maximum atomic E-state index is 12.6. The minimum Gasteiger partial charge on any atom is -0.467 e. The Hall–Kier alpha value is -2.28. The van der Waals surface area contributed by atoms with Gasteiger partial charge in [0.1, 0.15) is 5.76 Å². The second-order valence-corrected chi connectivity index (χ2v) is 6.33. The van der Waals surface area contributed by atoms with Gasteiger partial charge in [0, 0.05) is 31.3 Å². The Morgan fingerprint density at radius 2 is 2.42 bits per heavy atom. The highest BCUT2D eigenvalue weighted by Gasteiger charge is 2.35. The van der Waals surface area contributed by atoms with Gasteiger partial charge in [0.25, 0.3) is 0 Å². The SMILES string of the molecule is Cn1nc(C2CCCN2C(=O)NCc2ccco2)c2c1CCOC2. The lowest BCUT2D eigenvalue weighted by Crippen LogP contribution is -2.39. The number of furan rings is 1. The van der Waals surface area contributed by atoms with Crippen molar-refractivity contribution >= 4 is 6.03 Å². The molecule has 0 saturated carbocycles. The van der Waals surface area contributed by atoms with E-state index in [0.717, 1.165) is 43.9 Å². The molecule has 1 N–H and O–H groups in total. The summed E-state index contributed by atoms with van der Waals surface area (Å²) < 4.78 is 12.8. The van der Waals surface area contributed by atoms with E-state index in [9.17, 15) is 4.79 Å². The summed E-state index contributed by atoms with van der Waals surface area (Å²) in [5, 5.41) is 7.65. The van der Waals surface area contributed by atoms with Gasteiger partial charge in [-0.15, -0.1) is 0 Å². The van der Waals surface area contributed by atoms with Crippen molar-refractivity contribution in [1.29, 1.82) is 0 Å². The number of hydrogen-bond donors (Lipinski definition) is 1. The van der Waals surface area contributed by atoms with E-state index in [-0.39, 0.29) is 12.1 Å². The third-order valence-corrected chi connectivity index (χ3v) is 4.86. The molecule has 2 aliphatic rings. The molecule has 2 amide bonds. The minimum absolute atomic E-state index is 0.0262. The first kappa shape index (κ1) is 15.3. The van der Waals surface area contributed by atoms with E-state index in [2.05, 4.69) is 5.32 Å². The summed E-state index contributed by atoms with van der Waals surface area (Å²) in [6, 6.07) is 3.64. The van der Waals surface area contributed by atoms with Crippen LogP contribution in [0.25, 0.3) is 0 Å². The van der Waals surface area contributed by atoms with Gasteiger partial charge in [-0.1, -0.05) is 0 Å². The Kier molecular flexibility index (Phi) is 4.02. The quantitative estimate of drug-likeness (QED) is 0.936. The van der Waals surface area contributed by atoms with Crippen molar-refractivity contribution < 1.29 is 13.9 Å². The van der Waals surface area contributed by atoms with Crippen LogP contribution in [0.15, 0.2) is 22.8 Å². The van der Waals surface area contributed by atoms with Crippen LogP contribution in [-0.2, 0) is 31.4 Å². The summed E-state index contributed by atoms with van der Waals surface area (Å²) in [7, 11) is 1.98. The van der Waals surface area contributed by atoms with Gasteiger partial charge in [-0.05, 0) is 25.0 Å². The third-order valence-electron chi connectivity index (χ3n) is 4.86. The van der Waals surface area contributed by atoms with Crippen molar-refractivity contribution in [2.24, 2.45) is 7.05 Å². The maximum absolute atomic E-state index is 12.6. The van der Waals surface area contributed by atoms with Crippen LogP contribution in [0.4, 0.5) is 4.79 Å². The summed E-state index contributed by atoms with van der Waals surface area (Å²) in [6.45, 7) is 2.49. The predicted octanol–water partition coefficient (Wildman–Crippen LogP) is 2.13. The number of nitrogens with one attached hydrogen (secondary N) is 1. The molecule has 1 unspecified atom stereocenters. The predicted molar refractivity (Wildman–Crippen MR) is 86.2 cm³/mol. The molecule has 2 aromatic heterocycles. The van der Waals surface area contributed by atoms with Gasteiger partial charge >= 0.3 is 6.03 Å². The number of fused-ring (bicyclic) bond motifs is 1. The summed E-state index contributed by atoms with van der Waals surface area (Å²) in [6.07, 6.45) is 4.43. The molecule has 4 heterocycles. The summed E-state index contributed by atoms with van der Waals surface area (Å²) >= 11 is 0. The van der Waals surface area contributed by atoms with Gasteiger partial charge in [0.05, 0.1) is 37.8 Å². The average molecular weight is 330 g/mol. The number of ether oxygens (including phenoxy) is 1. The molecule has 2 aliphatic heterocycles. The summed E-state index contributed by atoms with van der Waals surface area (Å²) in [5.41, 5.74) is 3.40. The topological polar surface area (TPSA) is 72.5 Å². The molecule has 0 aromatic carbocycles. The number of rotatable bonds is 3. The zero-order chi connectivity index (χ0) is 16.5. The van der Waals surface area contributed by atoms with Gasteiger partial charge in [0.15, 0.2) is 0 Å². The summed E-state index contributed by atoms with van der Waals surface area (Å²) in [4.78, 5) is 14.5. The molecule has 1 fully saturated rings. The van der Waals surface area contributed by atoms with Crippen LogP contribution in [0, 0.1) is 0 Å². The molecular weight excluding hydrogens is 308 g/mol. The molecule has 128 valence electrons. The molecule has 0 spiro atoms. The maximum Gasteiger partial charge on any atom is 0.318 e. The molecule has 4 rings (SSSR count). The molecule has 7 nitrogen and oxygen atoms in total. The number of aryl methyl sites for hydroxylation is 1. The Morgan fingerprint density at radius 1 is 1.50 bits per heavy atom. The van der Waals surface area contributed by atoms with Gasteiger partial charge < -0.3 is 19.4 Å². The lowest BCUT2D eigenvalue weighted by Gasteiger charge is -2.25. The van der Waals surface area contributed by atoms with Gasteiger partial charge in [0.2, 0.25) is 0 Å². The van der Waals surface area contributed by atoms with Crippen LogP contribution in [-0.4, -0.2) is 33.9 Å². The van der Waals surface area contributed by atoms with E-state index in [0.29, 0.717) is 13.2 Å². The number of urea groups is 1. The number of hydrogen-bond acceptors (Lipinski definition) is 4. The van der Waals surface area contributed by atoms with Crippen molar-refractivity contribution in [1.82, 2.24) is 20.0 Å². The number of likely N-dealkylation sites (tertiary alicyclic amines) is 1. The number of carbonyl (C=O) groups excluding carboxylic acids is 1. The molecule has 0 radical (unpaired) electrons. The van der Waals surface area contributed by atoms with E-state index in [1.165, 1.54) is 11.3 Å². The highest BCUT2D eigenvalue weighted by Crippen LogP contribution is 2.35. The van der Waals surface area contributed by atoms with E-state index >= 15 is 0 Å². The van der Waals surface area contributed by atoms with Crippen LogP contribution in [0.2, 0.25) is 0 Å². The molecule has 7 heteroatoms. The van der Waals surface area contributed by atoms with Crippen LogP contribution in [0.5, 0.6) is 0 Å². The number of carbonyl (C=O) groups is 1. The minimum atomic E-state index is -0.0648. The van der Waals surface area contributed by atoms with E-state index in [1.807, 2.05) is 28.8 Å². The standard InChI is InChI=1S/C17H22N4O3/c1-20-14-6-9-23-11-13(14)16(19-20)15-5-2-7-21(15)17(22)18-10-12-4-3-8-24-12/h3-4,8,15H,2,5-7,9-11H2,1H3,(H,18,22). The van der Waals surface area contributed by atoms with E-state index in [1.54, 1.807) is 6.26 Å². The van der Waals surface area contributed by atoms with Crippen molar-refractivity contribution in [3.05, 3.63) is 41.1 Å². The van der Waals surface area contributed by atoms with Crippen molar-refractivity contribution in [3.63, 3.8) is 0 Å². The second-order valence-electron chi connectivity index (χ2n) is 6.33. The molecule has 24 heavy (non-hydrogen) atoms. The fourth-order valence-corrected chi connectivity index (χ4v) is 3.68. The Bertz CT molecular complexity index is 723. The molecule has 0 bridgehead atoms. The highest BCUT2D eigenvalue weighted by atomic mass is 16.5. The van der Waals surface area contributed by atoms with Crippen LogP contribution < -0.4 is 5.32 Å². The van der Waals surface area contributed by atoms with Gasteiger partial charge in [-0.25, -0.2) is 4.79 Å². The normalized spacial score (nSPS) is 20.2. The molecular formula is C17H22N4O3. The molecule has 2 aromatic rings. The number of aromatic nitrogens is 2. The molecule has 0 aliphatic carbocycles. The van der Waals surface area contributed by atoms with Crippen LogP contribution in [0.3, 0.4) is 0 Å². The monoisotopic (exact) mass is 330 g/mol. The zero-order valence-corrected chi connectivity index (χ0v) is 13.8. The Labute approximate surface area is 140 Å². The number of amides is 2. The van der Waals surface area contributed by atoms with E-state index < -0.39 is 0 Å². The number of nitrogens with zero attached hydrogens (tertiary/aromatic N) is 3. The first-order valence-corrected chi connectivity index (χ1v) is 8.43. The molecule has 1 saturated heterocycles. The third kappa shape index (κ3) is 2.69. The Morgan fingerprint density at radius 3 is 3.25 bits per heavy atom. The smallest absolute Gasteiger partial charge is 0.318 e. The Balaban J connectivity index is 1.51. The fraction of sp³-hybridized carbons (Fsp3) is 0.529. The van der Waals surface area contributed by atoms with Crippen LogP contribution in [0.1, 0.15) is 41.6 Å². The van der Waals surface area contributed by atoms with Gasteiger partial charge in [-0.3, -0.25) is 4.68 Å². The molecule has 1 atom stereocenters. The lowest BCUT2D eigenvalue weighted by molar-refractivity contribution is 0.107. The summed E-state index contributed by atoms with van der Waals surface area (Å²) in [5.74, 6) is 0.753. The largest absolute Gasteiger partial charge is 0.467 e. The first-order valence-electron chi connectivity index (χ1n) is 8.43. The zero-order valence-electron chi connectivity index (χ0n) is 13.8. The van der Waals surface area contributed by atoms with E-state index in [4.69, 9.17) is 14.3 Å². The lowest BCUT2D eigenvalue weighted by atomic mass is 10.0. The van der Waals surface area contributed by atoms with Crippen molar-refractivity contribution in [2.75, 3.05) is 13.2 Å². The second kappa shape index (κ2) is 6.32.